The molecule has 94 valence electrons. The van der Waals surface area contributed by atoms with Gasteiger partial charge in [-0.15, -0.1) is 0 Å². The summed E-state index contributed by atoms with van der Waals surface area (Å²) < 4.78 is 19.5. The van der Waals surface area contributed by atoms with Crippen LogP contribution in [0.3, 0.4) is 0 Å². The van der Waals surface area contributed by atoms with Gasteiger partial charge in [0.25, 0.3) is 0 Å². The Hall–Kier alpha value is -0.840. The Morgan fingerprint density at radius 3 is 2.67 bits per heavy atom. The monoisotopic (exact) mass is 349 g/mol. The summed E-state index contributed by atoms with van der Waals surface area (Å²) in [6, 6.07) is 7.85. The molecule has 2 rings (SSSR count). The van der Waals surface area contributed by atoms with Crippen LogP contribution in [0, 0.1) is 5.82 Å². The van der Waals surface area contributed by atoms with E-state index in [4.69, 9.17) is 27.9 Å². The quantitative estimate of drug-likeness (QED) is 0.737. The van der Waals surface area contributed by atoms with Crippen LogP contribution >= 0.6 is 39.1 Å². The lowest BCUT2D eigenvalue weighted by Crippen LogP contribution is -1.99. The van der Waals surface area contributed by atoms with Gasteiger partial charge in [0.05, 0.1) is 0 Å². The van der Waals surface area contributed by atoms with Crippen molar-refractivity contribution in [2.45, 2.75) is 6.61 Å². The number of benzene rings is 1. The van der Waals surface area contributed by atoms with Crippen LogP contribution in [-0.2, 0) is 6.61 Å². The van der Waals surface area contributed by atoms with Crippen molar-refractivity contribution < 1.29 is 9.13 Å². The molecule has 18 heavy (non-hydrogen) atoms. The third-order valence-corrected chi connectivity index (χ3v) is 3.20. The largest absolute Gasteiger partial charge is 0.486 e. The van der Waals surface area contributed by atoms with E-state index in [1.165, 1.54) is 12.1 Å². The van der Waals surface area contributed by atoms with E-state index in [1.807, 2.05) is 0 Å². The minimum absolute atomic E-state index is 0.127. The summed E-state index contributed by atoms with van der Waals surface area (Å²) in [4.78, 5) is 3.87. The van der Waals surface area contributed by atoms with Gasteiger partial charge >= 0.3 is 0 Å². The molecule has 0 saturated heterocycles. The zero-order valence-electron chi connectivity index (χ0n) is 8.96. The van der Waals surface area contributed by atoms with Gasteiger partial charge in [0.2, 0.25) is 0 Å². The number of halogens is 4. The highest BCUT2D eigenvalue weighted by molar-refractivity contribution is 9.10. The molecule has 0 bridgehead atoms. The summed E-state index contributed by atoms with van der Waals surface area (Å²) in [5.41, 5.74) is 0.642. The lowest BCUT2D eigenvalue weighted by atomic mass is 10.3. The molecule has 0 atom stereocenters. The lowest BCUT2D eigenvalue weighted by Gasteiger charge is -2.08. The second-order valence-electron chi connectivity index (χ2n) is 3.45. The fraction of sp³-hybridized carbons (Fsp3) is 0.0833. The Labute approximate surface area is 122 Å². The van der Waals surface area contributed by atoms with Crippen molar-refractivity contribution in [2.24, 2.45) is 0 Å². The van der Waals surface area contributed by atoms with Crippen molar-refractivity contribution in [1.82, 2.24) is 4.98 Å². The molecular weight excluding hydrogens is 344 g/mol. The first-order valence-corrected chi connectivity index (χ1v) is 6.50. The van der Waals surface area contributed by atoms with Crippen LogP contribution in [-0.4, -0.2) is 4.98 Å². The molecule has 0 spiro atoms. The highest BCUT2D eigenvalue weighted by atomic mass is 79.9. The van der Waals surface area contributed by atoms with E-state index in [0.29, 0.717) is 15.2 Å². The number of ether oxygens (including phenoxy) is 1. The Bertz CT molecular complexity index is 528. The van der Waals surface area contributed by atoms with E-state index in [2.05, 4.69) is 20.9 Å². The van der Waals surface area contributed by atoms with Crippen molar-refractivity contribution >= 4 is 39.1 Å². The normalized spacial score (nSPS) is 10.4. The van der Waals surface area contributed by atoms with E-state index in [0.717, 1.165) is 0 Å². The molecule has 1 aromatic carbocycles. The molecule has 0 saturated carbocycles. The van der Waals surface area contributed by atoms with Gasteiger partial charge in [0.1, 0.15) is 16.9 Å². The molecule has 0 aliphatic rings. The van der Waals surface area contributed by atoms with Crippen molar-refractivity contribution in [3.05, 3.63) is 56.5 Å². The van der Waals surface area contributed by atoms with Gasteiger partial charge in [-0.05, 0) is 30.3 Å². The maximum absolute atomic E-state index is 13.5. The van der Waals surface area contributed by atoms with Crippen LogP contribution in [0.2, 0.25) is 10.3 Å². The standard InChI is InChI=1S/C12H7BrCl2FNO/c13-8-2-3-10(9(16)5-8)18-6-7-1-4-11(14)17-12(7)15/h1-5H,6H2. The predicted octanol–water partition coefficient (Wildman–Crippen LogP) is 4.87. The molecule has 0 aliphatic heterocycles. The Morgan fingerprint density at radius 2 is 2.00 bits per heavy atom. The average Bonchev–Trinajstić information content (AvgIpc) is 2.30. The SMILES string of the molecule is Fc1cc(Br)ccc1OCc1ccc(Cl)nc1Cl. The van der Waals surface area contributed by atoms with Gasteiger partial charge in [0, 0.05) is 10.0 Å². The molecule has 0 amide bonds. The van der Waals surface area contributed by atoms with Crippen LogP contribution in [0.15, 0.2) is 34.8 Å². The predicted molar refractivity (Wildman–Crippen MR) is 72.7 cm³/mol. The number of hydrogen-bond donors (Lipinski definition) is 0. The first kappa shape index (κ1) is 13.6. The van der Waals surface area contributed by atoms with Crippen molar-refractivity contribution in [2.75, 3.05) is 0 Å². The summed E-state index contributed by atoms with van der Waals surface area (Å²) in [6.45, 7) is 0.127. The molecule has 6 heteroatoms. The number of pyridine rings is 1. The van der Waals surface area contributed by atoms with E-state index >= 15 is 0 Å². The van der Waals surface area contributed by atoms with Gasteiger partial charge in [0.15, 0.2) is 11.6 Å². The minimum atomic E-state index is -0.442. The fourth-order valence-electron chi connectivity index (χ4n) is 1.30. The number of aromatic nitrogens is 1. The number of nitrogens with zero attached hydrogens (tertiary/aromatic N) is 1. The van der Waals surface area contributed by atoms with Gasteiger partial charge < -0.3 is 4.74 Å². The van der Waals surface area contributed by atoms with Crippen LogP contribution in [0.1, 0.15) is 5.56 Å². The maximum atomic E-state index is 13.5. The van der Waals surface area contributed by atoms with Gasteiger partial charge in [-0.1, -0.05) is 39.1 Å². The van der Waals surface area contributed by atoms with Crippen molar-refractivity contribution in [3.63, 3.8) is 0 Å². The molecule has 1 heterocycles. The molecule has 1 aromatic heterocycles. The van der Waals surface area contributed by atoms with Gasteiger partial charge in [-0.25, -0.2) is 9.37 Å². The molecule has 2 aromatic rings. The van der Waals surface area contributed by atoms with E-state index in [1.54, 1.807) is 18.2 Å². The molecule has 0 fully saturated rings. The Kier molecular flexibility index (Phi) is 4.43. The summed E-state index contributed by atoms with van der Waals surface area (Å²) in [7, 11) is 0. The van der Waals surface area contributed by atoms with Gasteiger partial charge in [-0.3, -0.25) is 0 Å². The molecule has 0 aliphatic carbocycles. The van der Waals surface area contributed by atoms with Crippen molar-refractivity contribution in [1.29, 1.82) is 0 Å². The minimum Gasteiger partial charge on any atom is -0.486 e. The first-order valence-electron chi connectivity index (χ1n) is 4.95. The summed E-state index contributed by atoms with van der Waals surface area (Å²) in [6.07, 6.45) is 0. The first-order chi connectivity index (χ1) is 8.56. The fourth-order valence-corrected chi connectivity index (χ4v) is 2.03. The number of rotatable bonds is 3. The molecule has 2 nitrogen and oxygen atoms in total. The molecular formula is C12H7BrCl2FNO. The van der Waals surface area contributed by atoms with E-state index in [9.17, 15) is 4.39 Å². The Morgan fingerprint density at radius 1 is 1.22 bits per heavy atom. The highest BCUT2D eigenvalue weighted by Gasteiger charge is 2.07. The maximum Gasteiger partial charge on any atom is 0.166 e. The molecule has 0 radical (unpaired) electrons. The van der Waals surface area contributed by atoms with Gasteiger partial charge in [-0.2, -0.15) is 0 Å². The third kappa shape index (κ3) is 3.34. The van der Waals surface area contributed by atoms with Crippen LogP contribution in [0.25, 0.3) is 0 Å². The average molecular weight is 351 g/mol. The summed E-state index contributed by atoms with van der Waals surface area (Å²) in [5.74, 6) is -0.286. The highest BCUT2D eigenvalue weighted by Crippen LogP contribution is 2.24. The lowest BCUT2D eigenvalue weighted by molar-refractivity contribution is 0.290. The second-order valence-corrected chi connectivity index (χ2v) is 5.11. The number of hydrogen-bond acceptors (Lipinski definition) is 2. The summed E-state index contributed by atoms with van der Waals surface area (Å²) in [5, 5.41) is 0.554. The third-order valence-electron chi connectivity index (χ3n) is 2.17. The summed E-state index contributed by atoms with van der Waals surface area (Å²) >= 11 is 14.7. The molecule has 0 unspecified atom stereocenters. The van der Waals surface area contributed by atoms with E-state index < -0.39 is 5.82 Å². The van der Waals surface area contributed by atoms with Crippen LogP contribution in [0.4, 0.5) is 4.39 Å². The molecule has 0 N–H and O–H groups in total. The van der Waals surface area contributed by atoms with Crippen molar-refractivity contribution in [3.8, 4) is 5.75 Å². The topological polar surface area (TPSA) is 22.1 Å². The Balaban J connectivity index is 2.11. The van der Waals surface area contributed by atoms with E-state index in [-0.39, 0.29) is 17.5 Å². The zero-order valence-corrected chi connectivity index (χ0v) is 12.1. The zero-order chi connectivity index (χ0) is 13.1. The smallest absolute Gasteiger partial charge is 0.166 e. The van der Waals surface area contributed by atoms with Crippen LogP contribution < -0.4 is 4.74 Å². The van der Waals surface area contributed by atoms with Crippen LogP contribution in [0.5, 0.6) is 5.75 Å². The second kappa shape index (κ2) is 5.87.